The summed E-state index contributed by atoms with van der Waals surface area (Å²) in [7, 11) is 1.57. The molecule has 1 N–H and O–H groups in total. The highest BCUT2D eigenvalue weighted by atomic mass is 16.7. The quantitative estimate of drug-likeness (QED) is 0.438. The summed E-state index contributed by atoms with van der Waals surface area (Å²) in [6, 6.07) is 10.1. The molecule has 0 spiro atoms. The Kier molecular flexibility index (Phi) is 7.86. The summed E-state index contributed by atoms with van der Waals surface area (Å²) in [5, 5.41) is 10.3. The number of ketones is 1. The van der Waals surface area contributed by atoms with Gasteiger partial charge in [-0.3, -0.25) is 4.79 Å². The molecule has 0 saturated carbocycles. The van der Waals surface area contributed by atoms with E-state index in [9.17, 15) is 9.90 Å². The molecule has 2 heterocycles. The van der Waals surface area contributed by atoms with Gasteiger partial charge in [0.05, 0.1) is 25.9 Å². The number of allylic oxidation sites excluding steroid dienone is 1. The van der Waals surface area contributed by atoms with E-state index in [0.717, 1.165) is 44.1 Å². The number of phenols is 1. The highest BCUT2D eigenvalue weighted by molar-refractivity contribution is 6.08. The maximum atomic E-state index is 12.6. The van der Waals surface area contributed by atoms with E-state index in [1.165, 1.54) is 12.1 Å². The Morgan fingerprint density at radius 1 is 0.939 bits per heavy atom. The van der Waals surface area contributed by atoms with Crippen LogP contribution in [0.3, 0.4) is 0 Å². The minimum atomic E-state index is -0.317. The Labute approximate surface area is 193 Å². The van der Waals surface area contributed by atoms with Crippen molar-refractivity contribution < 1.29 is 33.6 Å². The molecule has 33 heavy (non-hydrogen) atoms. The fourth-order valence-electron chi connectivity index (χ4n) is 3.84. The van der Waals surface area contributed by atoms with Gasteiger partial charge in [0.1, 0.15) is 11.5 Å². The first-order valence-corrected chi connectivity index (χ1v) is 11.4. The van der Waals surface area contributed by atoms with Crippen molar-refractivity contribution in [3.05, 3.63) is 53.6 Å². The van der Waals surface area contributed by atoms with Crippen LogP contribution in [0.15, 0.2) is 42.5 Å². The lowest BCUT2D eigenvalue weighted by atomic mass is 10.1. The second-order valence-corrected chi connectivity index (χ2v) is 8.11. The van der Waals surface area contributed by atoms with Crippen molar-refractivity contribution in [2.45, 2.75) is 51.1 Å². The van der Waals surface area contributed by atoms with Crippen LogP contribution in [0.5, 0.6) is 23.0 Å². The van der Waals surface area contributed by atoms with Crippen molar-refractivity contribution in [3.8, 4) is 23.0 Å². The Morgan fingerprint density at radius 2 is 1.67 bits per heavy atom. The predicted molar refractivity (Wildman–Crippen MR) is 123 cm³/mol. The van der Waals surface area contributed by atoms with Gasteiger partial charge in [-0.1, -0.05) is 12.1 Å². The Bertz CT molecular complexity index is 973. The Hall–Kier alpha value is -3.03. The van der Waals surface area contributed by atoms with Gasteiger partial charge >= 0.3 is 0 Å². The summed E-state index contributed by atoms with van der Waals surface area (Å²) in [5.41, 5.74) is 0.968. The molecule has 2 atom stereocenters. The van der Waals surface area contributed by atoms with Crippen LogP contribution >= 0.6 is 0 Å². The van der Waals surface area contributed by atoms with Crippen LogP contribution in [0, 0.1) is 0 Å². The lowest BCUT2D eigenvalue weighted by Gasteiger charge is -2.24. The maximum Gasteiger partial charge on any atom is 0.200 e. The smallest absolute Gasteiger partial charge is 0.200 e. The van der Waals surface area contributed by atoms with Crippen LogP contribution in [0.2, 0.25) is 0 Å². The Morgan fingerprint density at radius 3 is 2.30 bits per heavy atom. The standard InChI is InChI=1S/C26H30O7/c1-29-24-16-18(9-13-23(24)33-26-7-3-5-15-31-26)8-12-21(27)20-11-10-19(17-22(20)28)32-25-6-2-4-14-30-25/h8-13,16-17,25-26,28H,2-7,14-15H2,1H3. The van der Waals surface area contributed by atoms with Gasteiger partial charge in [-0.2, -0.15) is 0 Å². The molecule has 0 amide bonds. The SMILES string of the molecule is COc1cc(C=CC(=O)c2ccc(OC3CCCCO3)cc2O)ccc1OC1CCCCO1. The molecule has 2 saturated heterocycles. The maximum absolute atomic E-state index is 12.6. The summed E-state index contributed by atoms with van der Waals surface area (Å²) in [5.74, 6) is 1.19. The number of rotatable bonds is 8. The van der Waals surface area contributed by atoms with Gasteiger partial charge in [0.2, 0.25) is 0 Å². The first-order chi connectivity index (χ1) is 16.1. The van der Waals surface area contributed by atoms with Crippen molar-refractivity contribution in [1.82, 2.24) is 0 Å². The monoisotopic (exact) mass is 454 g/mol. The second kappa shape index (κ2) is 11.2. The van der Waals surface area contributed by atoms with Gasteiger partial charge in [-0.15, -0.1) is 0 Å². The lowest BCUT2D eigenvalue weighted by molar-refractivity contribution is -0.106. The van der Waals surface area contributed by atoms with E-state index in [2.05, 4.69) is 0 Å². The topological polar surface area (TPSA) is 83.5 Å². The number of hydrogen-bond acceptors (Lipinski definition) is 7. The minimum absolute atomic E-state index is 0.133. The molecule has 7 nitrogen and oxygen atoms in total. The molecule has 2 aliphatic rings. The first-order valence-electron chi connectivity index (χ1n) is 11.4. The van der Waals surface area contributed by atoms with E-state index < -0.39 is 0 Å². The predicted octanol–water partition coefficient (Wildman–Crippen LogP) is 5.11. The fraction of sp³-hybridized carbons (Fsp3) is 0.423. The largest absolute Gasteiger partial charge is 0.507 e. The number of hydrogen-bond donors (Lipinski definition) is 1. The molecule has 0 radical (unpaired) electrons. The van der Waals surface area contributed by atoms with Crippen LogP contribution in [-0.2, 0) is 9.47 Å². The van der Waals surface area contributed by atoms with Gasteiger partial charge in [-0.05, 0) is 61.6 Å². The van der Waals surface area contributed by atoms with Gasteiger partial charge < -0.3 is 28.8 Å². The zero-order chi connectivity index (χ0) is 23.0. The molecule has 2 fully saturated rings. The molecule has 176 valence electrons. The third-order valence-corrected chi connectivity index (χ3v) is 5.65. The number of carbonyl (C=O) groups excluding carboxylic acids is 1. The molecule has 0 aromatic heterocycles. The molecule has 4 rings (SSSR count). The third-order valence-electron chi connectivity index (χ3n) is 5.65. The van der Waals surface area contributed by atoms with Crippen LogP contribution in [0.25, 0.3) is 6.08 Å². The van der Waals surface area contributed by atoms with Crippen molar-refractivity contribution in [3.63, 3.8) is 0 Å². The van der Waals surface area contributed by atoms with Gasteiger partial charge in [0.15, 0.2) is 29.9 Å². The van der Waals surface area contributed by atoms with Crippen LogP contribution in [0.4, 0.5) is 0 Å². The first kappa shape index (κ1) is 23.1. The molecule has 2 aliphatic heterocycles. The van der Waals surface area contributed by atoms with Crippen LogP contribution in [0.1, 0.15) is 54.4 Å². The number of phenolic OH excluding ortho intramolecular Hbond substituents is 1. The number of ether oxygens (including phenoxy) is 5. The van der Waals surface area contributed by atoms with Gasteiger partial charge in [-0.25, -0.2) is 0 Å². The molecular weight excluding hydrogens is 424 g/mol. The number of aromatic hydroxyl groups is 1. The third kappa shape index (κ3) is 6.27. The highest BCUT2D eigenvalue weighted by Gasteiger charge is 2.18. The van der Waals surface area contributed by atoms with E-state index in [1.807, 2.05) is 6.07 Å². The fourth-order valence-corrected chi connectivity index (χ4v) is 3.84. The number of methoxy groups -OCH3 is 1. The van der Waals surface area contributed by atoms with Crippen molar-refractivity contribution in [2.75, 3.05) is 20.3 Å². The average Bonchev–Trinajstić information content (AvgIpc) is 2.84. The van der Waals surface area contributed by atoms with E-state index in [0.29, 0.717) is 30.5 Å². The number of benzene rings is 2. The molecule has 0 bridgehead atoms. The summed E-state index contributed by atoms with van der Waals surface area (Å²) in [6.45, 7) is 1.37. The summed E-state index contributed by atoms with van der Waals surface area (Å²) < 4.78 is 28.3. The molecule has 2 unspecified atom stereocenters. The van der Waals surface area contributed by atoms with Gasteiger partial charge in [0, 0.05) is 18.9 Å². The van der Waals surface area contributed by atoms with Crippen LogP contribution < -0.4 is 14.2 Å². The molecule has 2 aromatic carbocycles. The average molecular weight is 455 g/mol. The minimum Gasteiger partial charge on any atom is -0.507 e. The summed E-state index contributed by atoms with van der Waals surface area (Å²) in [4.78, 5) is 12.6. The summed E-state index contributed by atoms with van der Waals surface area (Å²) >= 11 is 0. The number of carbonyl (C=O) groups is 1. The van der Waals surface area contributed by atoms with E-state index >= 15 is 0 Å². The summed E-state index contributed by atoms with van der Waals surface area (Å²) in [6.07, 6.45) is 8.36. The molecule has 7 heteroatoms. The van der Waals surface area contributed by atoms with Crippen LogP contribution in [-0.4, -0.2) is 43.8 Å². The normalized spacial score (nSPS) is 21.0. The van der Waals surface area contributed by atoms with Crippen molar-refractivity contribution in [1.29, 1.82) is 0 Å². The van der Waals surface area contributed by atoms with E-state index in [1.54, 1.807) is 37.5 Å². The highest BCUT2D eigenvalue weighted by Crippen LogP contribution is 2.31. The van der Waals surface area contributed by atoms with Crippen molar-refractivity contribution >= 4 is 11.9 Å². The molecule has 2 aromatic rings. The van der Waals surface area contributed by atoms with Gasteiger partial charge in [0.25, 0.3) is 0 Å². The van der Waals surface area contributed by atoms with E-state index in [-0.39, 0.29) is 29.7 Å². The Balaban J connectivity index is 1.40. The molecular formula is C26H30O7. The lowest BCUT2D eigenvalue weighted by Crippen LogP contribution is -2.25. The van der Waals surface area contributed by atoms with Crippen molar-refractivity contribution in [2.24, 2.45) is 0 Å². The second-order valence-electron chi connectivity index (χ2n) is 8.11. The zero-order valence-electron chi connectivity index (χ0n) is 18.8. The zero-order valence-corrected chi connectivity index (χ0v) is 18.8. The van der Waals surface area contributed by atoms with E-state index in [4.69, 9.17) is 23.7 Å². The molecule has 0 aliphatic carbocycles.